The molecule has 0 radical (unpaired) electrons. The summed E-state index contributed by atoms with van der Waals surface area (Å²) in [4.78, 5) is 29.4. The Hall–Kier alpha value is -3.02. The highest BCUT2D eigenvalue weighted by atomic mass is 16.6. The van der Waals surface area contributed by atoms with Crippen molar-refractivity contribution in [1.82, 2.24) is 4.90 Å². The molecule has 2 aromatic carbocycles. The predicted octanol–water partition coefficient (Wildman–Crippen LogP) is 4.80. The van der Waals surface area contributed by atoms with Crippen molar-refractivity contribution < 1.29 is 19.1 Å². The molecule has 1 amide bonds. The van der Waals surface area contributed by atoms with Crippen LogP contribution in [-0.4, -0.2) is 48.1 Å². The van der Waals surface area contributed by atoms with Gasteiger partial charge in [-0.05, 0) is 51.1 Å². The zero-order chi connectivity index (χ0) is 21.5. The topological polar surface area (TPSA) is 59.1 Å². The molecule has 1 spiro atoms. The number of nitrogens with zero attached hydrogens (tertiary/aromatic N) is 2. The van der Waals surface area contributed by atoms with Gasteiger partial charge < -0.3 is 19.3 Å². The number of likely N-dealkylation sites (tertiary alicyclic amines) is 1. The van der Waals surface area contributed by atoms with Crippen molar-refractivity contribution in [2.75, 3.05) is 25.0 Å². The fourth-order valence-corrected chi connectivity index (χ4v) is 4.00. The monoisotopic (exact) mass is 408 g/mol. The first-order valence-electron chi connectivity index (χ1n) is 10.3. The summed E-state index contributed by atoms with van der Waals surface area (Å²) < 4.78 is 11.6. The number of fused-ring (bicyclic) bond motifs is 1. The zero-order valence-electron chi connectivity index (χ0n) is 18.0. The molecule has 4 rings (SSSR count). The predicted molar refractivity (Wildman–Crippen MR) is 116 cm³/mol. The molecule has 0 N–H and O–H groups in total. The standard InChI is InChI=1S/C24H28N2O4/c1-23(2,3)30-22(28)26-14-12-24(13-15-26)21(27)19-16-18(10-11-20(19)29-24)25(4)17-8-6-5-7-9-17/h5-11,16H,12-15H2,1-4H3. The van der Waals surface area contributed by atoms with Crippen molar-refractivity contribution in [1.29, 1.82) is 0 Å². The number of carbonyl (C=O) groups excluding carboxylic acids is 2. The third-order valence-corrected chi connectivity index (χ3v) is 5.68. The van der Waals surface area contributed by atoms with Crippen molar-refractivity contribution >= 4 is 23.3 Å². The van der Waals surface area contributed by atoms with Gasteiger partial charge >= 0.3 is 6.09 Å². The van der Waals surface area contributed by atoms with E-state index in [0.717, 1.165) is 11.4 Å². The van der Waals surface area contributed by atoms with Crippen molar-refractivity contribution in [3.8, 4) is 5.75 Å². The maximum absolute atomic E-state index is 13.3. The maximum Gasteiger partial charge on any atom is 0.410 e. The Balaban J connectivity index is 1.49. The molecule has 6 nitrogen and oxygen atoms in total. The van der Waals surface area contributed by atoms with E-state index in [9.17, 15) is 9.59 Å². The highest BCUT2D eigenvalue weighted by molar-refractivity contribution is 6.08. The molecule has 2 aliphatic heterocycles. The number of ketones is 1. The number of hydrogen-bond donors (Lipinski definition) is 0. The van der Waals surface area contributed by atoms with Crippen LogP contribution in [0.15, 0.2) is 48.5 Å². The Labute approximate surface area is 177 Å². The number of benzene rings is 2. The molecule has 2 aromatic rings. The summed E-state index contributed by atoms with van der Waals surface area (Å²) in [6, 6.07) is 15.7. The van der Waals surface area contributed by atoms with E-state index in [2.05, 4.69) is 0 Å². The summed E-state index contributed by atoms with van der Waals surface area (Å²) in [6.07, 6.45) is 0.583. The molecule has 0 aliphatic carbocycles. The second-order valence-corrected chi connectivity index (χ2v) is 8.97. The molecule has 0 atom stereocenters. The first-order valence-corrected chi connectivity index (χ1v) is 10.3. The molecule has 0 unspecified atom stereocenters. The molecule has 1 saturated heterocycles. The van der Waals surface area contributed by atoms with E-state index in [0.29, 0.717) is 37.2 Å². The molecular formula is C24H28N2O4. The SMILES string of the molecule is CN(c1ccccc1)c1ccc2c(c1)C(=O)C1(CCN(C(=O)OC(C)(C)C)CC1)O2. The number of carbonyl (C=O) groups is 2. The Morgan fingerprint density at radius 3 is 2.37 bits per heavy atom. The molecule has 0 aromatic heterocycles. The lowest BCUT2D eigenvalue weighted by Crippen LogP contribution is -2.52. The summed E-state index contributed by atoms with van der Waals surface area (Å²) >= 11 is 0. The fourth-order valence-electron chi connectivity index (χ4n) is 4.00. The number of para-hydroxylation sites is 1. The van der Waals surface area contributed by atoms with Crippen LogP contribution >= 0.6 is 0 Å². The lowest BCUT2D eigenvalue weighted by atomic mass is 9.86. The lowest BCUT2D eigenvalue weighted by Gasteiger charge is -2.37. The van der Waals surface area contributed by atoms with Crippen molar-refractivity contribution in [3.05, 3.63) is 54.1 Å². The van der Waals surface area contributed by atoms with E-state index in [1.165, 1.54) is 0 Å². The van der Waals surface area contributed by atoms with E-state index in [1.54, 1.807) is 4.90 Å². The number of anilines is 2. The molecule has 0 saturated carbocycles. The van der Waals surface area contributed by atoms with Crippen molar-refractivity contribution in [2.45, 2.75) is 44.8 Å². The average molecular weight is 408 g/mol. The van der Waals surface area contributed by atoms with Gasteiger partial charge in [-0.3, -0.25) is 4.79 Å². The molecule has 0 bridgehead atoms. The molecule has 6 heteroatoms. The number of hydrogen-bond acceptors (Lipinski definition) is 5. The van der Waals surface area contributed by atoms with Crippen LogP contribution in [0.25, 0.3) is 0 Å². The Morgan fingerprint density at radius 1 is 1.07 bits per heavy atom. The summed E-state index contributed by atoms with van der Waals surface area (Å²) in [7, 11) is 1.98. The van der Waals surface area contributed by atoms with Crippen LogP contribution in [0.4, 0.5) is 16.2 Å². The van der Waals surface area contributed by atoms with Crippen LogP contribution in [0.3, 0.4) is 0 Å². The number of amides is 1. The Morgan fingerprint density at radius 2 is 1.73 bits per heavy atom. The second kappa shape index (κ2) is 7.35. The van der Waals surface area contributed by atoms with Crippen molar-refractivity contribution in [2.24, 2.45) is 0 Å². The van der Waals surface area contributed by atoms with Gasteiger partial charge in [-0.25, -0.2) is 4.79 Å². The largest absolute Gasteiger partial charge is 0.478 e. The first-order chi connectivity index (χ1) is 14.2. The van der Waals surface area contributed by atoms with E-state index in [-0.39, 0.29) is 11.9 Å². The Kier molecular flexibility index (Phi) is 4.96. The van der Waals surface area contributed by atoms with Crippen LogP contribution in [-0.2, 0) is 4.74 Å². The third kappa shape index (κ3) is 3.74. The van der Waals surface area contributed by atoms with Gasteiger partial charge in [-0.2, -0.15) is 0 Å². The molecule has 30 heavy (non-hydrogen) atoms. The summed E-state index contributed by atoms with van der Waals surface area (Å²) in [5.41, 5.74) is 1.17. The summed E-state index contributed by atoms with van der Waals surface area (Å²) in [5.74, 6) is 0.626. The van der Waals surface area contributed by atoms with Gasteiger partial charge in [0.2, 0.25) is 5.78 Å². The molecular weight excluding hydrogens is 380 g/mol. The number of piperidine rings is 1. The quantitative estimate of drug-likeness (QED) is 0.714. The highest BCUT2D eigenvalue weighted by Gasteiger charge is 2.50. The number of Topliss-reactive ketones (excluding diaryl/α,β-unsaturated/α-hetero) is 1. The van der Waals surface area contributed by atoms with Gasteiger partial charge in [-0.1, -0.05) is 18.2 Å². The van der Waals surface area contributed by atoms with Crippen LogP contribution < -0.4 is 9.64 Å². The molecule has 1 fully saturated rings. The number of rotatable bonds is 2. The van der Waals surface area contributed by atoms with Gasteiger partial charge in [-0.15, -0.1) is 0 Å². The van der Waals surface area contributed by atoms with E-state index >= 15 is 0 Å². The van der Waals surface area contributed by atoms with Crippen LogP contribution in [0.5, 0.6) is 5.75 Å². The van der Waals surface area contributed by atoms with Crippen LogP contribution in [0.2, 0.25) is 0 Å². The van der Waals surface area contributed by atoms with E-state index in [1.807, 2.05) is 81.2 Å². The Bertz CT molecular complexity index is 957. The van der Waals surface area contributed by atoms with E-state index in [4.69, 9.17) is 9.47 Å². The normalized spacial score (nSPS) is 17.5. The minimum atomic E-state index is -0.884. The van der Waals surface area contributed by atoms with Gasteiger partial charge in [0, 0.05) is 44.4 Å². The third-order valence-electron chi connectivity index (χ3n) is 5.68. The fraction of sp³-hybridized carbons (Fsp3) is 0.417. The number of ether oxygens (including phenoxy) is 2. The van der Waals surface area contributed by atoms with Gasteiger partial charge in [0.15, 0.2) is 5.60 Å². The molecule has 2 heterocycles. The highest BCUT2D eigenvalue weighted by Crippen LogP contribution is 2.43. The lowest BCUT2D eigenvalue weighted by molar-refractivity contribution is -0.00474. The second-order valence-electron chi connectivity index (χ2n) is 8.97. The van der Waals surface area contributed by atoms with Crippen molar-refractivity contribution in [3.63, 3.8) is 0 Å². The minimum absolute atomic E-state index is 0.00431. The van der Waals surface area contributed by atoms with Crippen LogP contribution in [0, 0.1) is 0 Å². The maximum atomic E-state index is 13.3. The zero-order valence-corrected chi connectivity index (χ0v) is 18.0. The van der Waals surface area contributed by atoms with Gasteiger partial charge in [0.05, 0.1) is 5.56 Å². The van der Waals surface area contributed by atoms with E-state index < -0.39 is 11.2 Å². The molecule has 158 valence electrons. The average Bonchev–Trinajstić information content (AvgIpc) is 2.98. The smallest absolute Gasteiger partial charge is 0.410 e. The molecule has 2 aliphatic rings. The summed E-state index contributed by atoms with van der Waals surface area (Å²) in [5, 5.41) is 0. The van der Waals surface area contributed by atoms with Gasteiger partial charge in [0.25, 0.3) is 0 Å². The van der Waals surface area contributed by atoms with Gasteiger partial charge in [0.1, 0.15) is 11.4 Å². The summed E-state index contributed by atoms with van der Waals surface area (Å²) in [6.45, 7) is 6.42. The minimum Gasteiger partial charge on any atom is -0.478 e. The first kappa shape index (κ1) is 20.3. The van der Waals surface area contributed by atoms with Crippen LogP contribution in [0.1, 0.15) is 44.0 Å².